The number of phenolic OH excluding ortho intramolecular Hbond substituents is 1. The van der Waals surface area contributed by atoms with Gasteiger partial charge in [0.25, 0.3) is 0 Å². The highest BCUT2D eigenvalue weighted by Crippen LogP contribution is 2.13. The van der Waals surface area contributed by atoms with Gasteiger partial charge < -0.3 is 48.7 Å². The predicted octanol–water partition coefficient (Wildman–Crippen LogP) is -2.51. The van der Waals surface area contributed by atoms with E-state index in [1.54, 1.807) is 13.8 Å². The minimum Gasteiger partial charge on any atom is -0.508 e. The molecule has 43 heavy (non-hydrogen) atoms. The summed E-state index contributed by atoms with van der Waals surface area (Å²) >= 11 is 0. The summed E-state index contributed by atoms with van der Waals surface area (Å²) in [6.45, 7) is 2.77. The fraction of sp³-hybridized carbons (Fsp3) is 0.519. The lowest BCUT2D eigenvalue weighted by molar-refractivity contribution is -0.143. The van der Waals surface area contributed by atoms with E-state index >= 15 is 0 Å². The Balaban J connectivity index is 2.98. The molecule has 0 bridgehead atoms. The van der Waals surface area contributed by atoms with Gasteiger partial charge in [0.15, 0.2) is 0 Å². The third-order valence-corrected chi connectivity index (χ3v) is 6.58. The third kappa shape index (κ3) is 13.7. The summed E-state index contributed by atoms with van der Waals surface area (Å²) in [4.78, 5) is 85.1. The van der Waals surface area contributed by atoms with Gasteiger partial charge in [-0.1, -0.05) is 32.4 Å². The second-order valence-electron chi connectivity index (χ2n) is 10.1. The van der Waals surface area contributed by atoms with E-state index in [2.05, 4.69) is 21.3 Å². The van der Waals surface area contributed by atoms with E-state index in [1.165, 1.54) is 24.3 Å². The van der Waals surface area contributed by atoms with E-state index in [9.17, 15) is 43.8 Å². The van der Waals surface area contributed by atoms with Crippen LogP contribution in [0.5, 0.6) is 5.75 Å². The van der Waals surface area contributed by atoms with Crippen LogP contribution in [0.25, 0.3) is 0 Å². The van der Waals surface area contributed by atoms with E-state index in [4.69, 9.17) is 17.2 Å². The minimum atomic E-state index is -1.31. The van der Waals surface area contributed by atoms with Gasteiger partial charge in [-0.2, -0.15) is 0 Å². The average molecular weight is 608 g/mol. The number of primary amides is 2. The Bertz CT molecular complexity index is 1160. The number of carbonyl (C=O) groups is 7. The van der Waals surface area contributed by atoms with Gasteiger partial charge in [-0.25, -0.2) is 4.79 Å². The molecule has 5 atom stereocenters. The van der Waals surface area contributed by atoms with E-state index < -0.39 is 78.0 Å². The first-order chi connectivity index (χ1) is 20.1. The molecule has 0 heterocycles. The first kappa shape index (κ1) is 36.3. The number of carbonyl (C=O) groups excluding carboxylic acids is 6. The van der Waals surface area contributed by atoms with Crippen molar-refractivity contribution in [2.45, 2.75) is 76.5 Å². The summed E-state index contributed by atoms with van der Waals surface area (Å²) in [7, 11) is 0. The Morgan fingerprint density at radius 2 is 1.40 bits per heavy atom. The van der Waals surface area contributed by atoms with E-state index in [0.29, 0.717) is 12.0 Å². The SMILES string of the molecule is CC[C@H](C)[C@H](NC(=O)[C@H](Cc1ccc(O)cc1)NC(=O)CNC(=O)[C@H](CCC(N)=O)NC(=O)[C@@H](N)CCC(N)=O)C(=O)O. The number of rotatable bonds is 19. The number of nitrogens with two attached hydrogens (primary N) is 3. The molecule has 0 radical (unpaired) electrons. The number of benzene rings is 1. The van der Waals surface area contributed by atoms with Gasteiger partial charge in [0, 0.05) is 19.3 Å². The quantitative estimate of drug-likeness (QED) is 0.0796. The molecule has 0 saturated heterocycles. The maximum Gasteiger partial charge on any atom is 0.326 e. The molecule has 238 valence electrons. The molecule has 0 aliphatic carbocycles. The largest absolute Gasteiger partial charge is 0.508 e. The van der Waals surface area contributed by atoms with Crippen LogP contribution in [0.1, 0.15) is 51.5 Å². The van der Waals surface area contributed by atoms with Crippen molar-refractivity contribution in [2.75, 3.05) is 6.54 Å². The molecule has 1 aromatic rings. The number of phenols is 1. The number of hydrogen-bond donors (Lipinski definition) is 9. The van der Waals surface area contributed by atoms with E-state index in [0.717, 1.165) is 0 Å². The predicted molar refractivity (Wildman–Crippen MR) is 153 cm³/mol. The average Bonchev–Trinajstić information content (AvgIpc) is 2.95. The van der Waals surface area contributed by atoms with Gasteiger partial charge in [-0.05, 0) is 36.5 Å². The molecule has 6 amide bonds. The lowest BCUT2D eigenvalue weighted by atomic mass is 9.98. The van der Waals surface area contributed by atoms with Gasteiger partial charge in [-0.15, -0.1) is 0 Å². The Hall–Kier alpha value is -4.73. The molecular weight excluding hydrogens is 566 g/mol. The zero-order valence-corrected chi connectivity index (χ0v) is 24.1. The molecule has 12 N–H and O–H groups in total. The maximum absolute atomic E-state index is 13.1. The molecule has 0 aromatic heterocycles. The molecule has 1 aromatic carbocycles. The van der Waals surface area contributed by atoms with E-state index in [-0.39, 0.29) is 37.9 Å². The Kier molecular flexibility index (Phi) is 15.1. The first-order valence-corrected chi connectivity index (χ1v) is 13.6. The lowest BCUT2D eigenvalue weighted by Crippen LogP contribution is -2.56. The number of aromatic hydroxyl groups is 1. The lowest BCUT2D eigenvalue weighted by Gasteiger charge is -2.25. The van der Waals surface area contributed by atoms with Crippen LogP contribution >= 0.6 is 0 Å². The summed E-state index contributed by atoms with van der Waals surface area (Å²) < 4.78 is 0. The Labute approximate surface area is 248 Å². The summed E-state index contributed by atoms with van der Waals surface area (Å²) in [5, 5.41) is 28.7. The monoisotopic (exact) mass is 607 g/mol. The van der Waals surface area contributed by atoms with Crippen LogP contribution in [-0.2, 0) is 40.0 Å². The van der Waals surface area contributed by atoms with Crippen LogP contribution in [0.2, 0.25) is 0 Å². The molecule has 16 nitrogen and oxygen atoms in total. The van der Waals surface area contributed by atoms with Crippen LogP contribution in [-0.4, -0.2) is 82.3 Å². The van der Waals surface area contributed by atoms with Gasteiger partial charge in [-0.3, -0.25) is 28.8 Å². The molecule has 16 heteroatoms. The molecule has 0 unspecified atom stereocenters. The second-order valence-corrected chi connectivity index (χ2v) is 10.1. The molecular formula is C27H41N7O9. The van der Waals surface area contributed by atoms with Gasteiger partial charge >= 0.3 is 5.97 Å². The number of carboxylic acid groups (broad SMARTS) is 1. The Morgan fingerprint density at radius 3 is 1.93 bits per heavy atom. The first-order valence-electron chi connectivity index (χ1n) is 13.6. The topological polar surface area (TPSA) is 286 Å². The third-order valence-electron chi connectivity index (χ3n) is 6.58. The molecule has 0 aliphatic rings. The van der Waals surface area contributed by atoms with E-state index in [1.807, 2.05) is 0 Å². The number of amides is 6. The zero-order valence-electron chi connectivity index (χ0n) is 24.1. The van der Waals surface area contributed by atoms with Crippen LogP contribution in [0, 0.1) is 5.92 Å². The van der Waals surface area contributed by atoms with Crippen molar-refractivity contribution in [3.8, 4) is 5.75 Å². The fourth-order valence-electron chi connectivity index (χ4n) is 3.81. The van der Waals surface area contributed by atoms with Crippen molar-refractivity contribution in [1.82, 2.24) is 21.3 Å². The number of carboxylic acids is 1. The normalized spacial score (nSPS) is 14.2. The highest BCUT2D eigenvalue weighted by molar-refractivity contribution is 5.94. The maximum atomic E-state index is 13.1. The minimum absolute atomic E-state index is 0.0222. The summed E-state index contributed by atoms with van der Waals surface area (Å²) in [5.41, 5.74) is 16.5. The van der Waals surface area contributed by atoms with Crippen molar-refractivity contribution in [2.24, 2.45) is 23.1 Å². The smallest absolute Gasteiger partial charge is 0.326 e. The second kappa shape index (κ2) is 17.9. The number of hydrogen-bond acceptors (Lipinski definition) is 9. The van der Waals surface area contributed by atoms with Crippen molar-refractivity contribution in [3.63, 3.8) is 0 Å². The van der Waals surface area contributed by atoms with Crippen molar-refractivity contribution in [1.29, 1.82) is 0 Å². The molecule has 0 fully saturated rings. The van der Waals surface area contributed by atoms with Crippen LogP contribution in [0.4, 0.5) is 0 Å². The molecule has 1 rings (SSSR count). The Morgan fingerprint density at radius 1 is 0.814 bits per heavy atom. The van der Waals surface area contributed by atoms with Crippen molar-refractivity contribution < 1.29 is 43.8 Å². The van der Waals surface area contributed by atoms with Crippen molar-refractivity contribution >= 4 is 41.4 Å². The zero-order chi connectivity index (χ0) is 32.7. The van der Waals surface area contributed by atoms with Crippen LogP contribution in [0.15, 0.2) is 24.3 Å². The van der Waals surface area contributed by atoms with Gasteiger partial charge in [0.1, 0.15) is 23.9 Å². The number of aliphatic carboxylic acids is 1. The highest BCUT2D eigenvalue weighted by atomic mass is 16.4. The van der Waals surface area contributed by atoms with Crippen LogP contribution < -0.4 is 38.5 Å². The molecule has 0 aliphatic heterocycles. The highest BCUT2D eigenvalue weighted by Gasteiger charge is 2.30. The van der Waals surface area contributed by atoms with Crippen LogP contribution in [0.3, 0.4) is 0 Å². The summed E-state index contributed by atoms with van der Waals surface area (Å²) in [6, 6.07) is 0.839. The molecule has 0 spiro atoms. The number of nitrogens with one attached hydrogen (secondary N) is 4. The van der Waals surface area contributed by atoms with Gasteiger partial charge in [0.05, 0.1) is 12.6 Å². The van der Waals surface area contributed by atoms with Gasteiger partial charge in [0.2, 0.25) is 35.4 Å². The fourth-order valence-corrected chi connectivity index (χ4v) is 3.81. The summed E-state index contributed by atoms with van der Waals surface area (Å²) in [5.74, 6) is -6.35. The standard InChI is InChI=1S/C27H41N7O9/c1-3-14(2)23(27(42)43)34-26(41)19(12-15-4-6-16(35)7-5-15)32-22(38)13-31-25(40)18(9-11-21(30)37)33-24(39)17(28)8-10-20(29)36/h4-7,14,17-19,23,35H,3,8-13,28H2,1-2H3,(H2,29,36)(H2,30,37)(H,31,40)(H,32,38)(H,33,39)(H,34,41)(H,42,43)/t14-,17-,18-,19-,23-/m0/s1. The van der Waals surface area contributed by atoms with Crippen molar-refractivity contribution in [3.05, 3.63) is 29.8 Å². The molecule has 0 saturated carbocycles. The summed E-state index contributed by atoms with van der Waals surface area (Å²) in [6.07, 6.45) is -0.360.